The molecule has 0 bridgehead atoms. The lowest BCUT2D eigenvalue weighted by atomic mass is 9.98. The second-order valence-electron chi connectivity index (χ2n) is 7.57. The Labute approximate surface area is 178 Å². The maximum Gasteiger partial charge on any atom is 0.358 e. The number of carbonyl (C=O) groups is 4. The quantitative estimate of drug-likeness (QED) is 0.538. The lowest BCUT2D eigenvalue weighted by molar-refractivity contribution is -0.133. The van der Waals surface area contributed by atoms with E-state index in [0.29, 0.717) is 24.2 Å². The summed E-state index contributed by atoms with van der Waals surface area (Å²) in [5.41, 5.74) is 0.568. The minimum atomic E-state index is -0.828. The molecule has 2 aliphatic rings. The average molecular weight is 425 g/mol. The first-order valence-corrected chi connectivity index (χ1v) is 10.2. The highest BCUT2D eigenvalue weighted by Crippen LogP contribution is 2.34. The first kappa shape index (κ1) is 20.6. The number of nitrogens with zero attached hydrogens (tertiary/aromatic N) is 3. The van der Waals surface area contributed by atoms with E-state index in [-0.39, 0.29) is 24.8 Å². The number of hydrogen-bond acceptors (Lipinski definition) is 6. The molecule has 0 atom stereocenters. The van der Waals surface area contributed by atoms with Crippen molar-refractivity contribution in [2.45, 2.75) is 38.1 Å². The van der Waals surface area contributed by atoms with Crippen molar-refractivity contribution in [2.24, 2.45) is 0 Å². The van der Waals surface area contributed by atoms with Crippen molar-refractivity contribution >= 4 is 29.5 Å². The number of imide groups is 1. The minimum absolute atomic E-state index is 0.202. The van der Waals surface area contributed by atoms with Crippen LogP contribution in [0.5, 0.6) is 0 Å². The molecule has 1 aromatic carbocycles. The largest absolute Gasteiger partial charge is 0.461 e. The summed E-state index contributed by atoms with van der Waals surface area (Å²) in [6, 6.07) is 7.82. The Hall–Kier alpha value is -3.69. The van der Waals surface area contributed by atoms with Crippen LogP contribution in [0.1, 0.15) is 43.1 Å². The van der Waals surface area contributed by atoms with Gasteiger partial charge in [0.05, 0.1) is 12.3 Å². The molecule has 2 N–H and O–H groups in total. The molecule has 4 amide bonds. The van der Waals surface area contributed by atoms with E-state index in [0.717, 1.165) is 17.7 Å². The molecule has 0 radical (unpaired) electrons. The zero-order valence-electron chi connectivity index (χ0n) is 17.1. The highest BCUT2D eigenvalue weighted by atomic mass is 16.5. The smallest absolute Gasteiger partial charge is 0.358 e. The van der Waals surface area contributed by atoms with E-state index in [1.165, 1.54) is 4.68 Å². The highest BCUT2D eigenvalue weighted by Gasteiger charge is 2.52. The molecule has 0 unspecified atom stereocenters. The Balaban J connectivity index is 1.37. The zero-order chi connectivity index (χ0) is 22.0. The van der Waals surface area contributed by atoms with Crippen LogP contribution < -0.4 is 10.6 Å². The average Bonchev–Trinajstić information content (AvgIpc) is 3.47. The molecule has 2 aromatic rings. The van der Waals surface area contributed by atoms with Gasteiger partial charge in [0, 0.05) is 11.9 Å². The van der Waals surface area contributed by atoms with E-state index in [4.69, 9.17) is 4.74 Å². The molecular weight excluding hydrogens is 402 g/mol. The fraction of sp³-hybridized carbons (Fsp3) is 0.381. The SMILES string of the molecule is CCOC(=O)c1ccn(-c2ccc(NC(=O)CN3C(=O)NC4(CCCC4)C3=O)cc2)n1. The molecule has 31 heavy (non-hydrogen) atoms. The molecule has 10 nitrogen and oxygen atoms in total. The Kier molecular flexibility index (Phi) is 5.45. The number of anilines is 1. The maximum atomic E-state index is 12.6. The molecular formula is C21H23N5O5. The third kappa shape index (κ3) is 4.00. The molecule has 1 saturated carbocycles. The van der Waals surface area contributed by atoms with Gasteiger partial charge in [-0.25, -0.2) is 14.3 Å². The van der Waals surface area contributed by atoms with Crippen LogP contribution in [0, 0.1) is 0 Å². The van der Waals surface area contributed by atoms with E-state index >= 15 is 0 Å². The molecule has 2 heterocycles. The standard InChI is InChI=1S/C21H23N5O5/c1-2-31-18(28)16-9-12-26(24-16)15-7-5-14(6-8-15)22-17(27)13-25-19(29)21(23-20(25)30)10-3-4-11-21/h5-9,12H,2-4,10-11,13H2,1H3,(H,22,27)(H,23,30). The van der Waals surface area contributed by atoms with Crippen LogP contribution in [0.4, 0.5) is 10.5 Å². The van der Waals surface area contributed by atoms with Crippen LogP contribution >= 0.6 is 0 Å². The van der Waals surface area contributed by atoms with Gasteiger partial charge in [-0.3, -0.25) is 14.5 Å². The van der Waals surface area contributed by atoms with E-state index < -0.39 is 23.4 Å². The van der Waals surface area contributed by atoms with E-state index in [1.54, 1.807) is 43.5 Å². The second-order valence-corrected chi connectivity index (χ2v) is 7.57. The number of nitrogens with one attached hydrogen (secondary N) is 2. The summed E-state index contributed by atoms with van der Waals surface area (Å²) in [7, 11) is 0. The van der Waals surface area contributed by atoms with Crippen molar-refractivity contribution in [2.75, 3.05) is 18.5 Å². The molecule has 1 aromatic heterocycles. The lowest BCUT2D eigenvalue weighted by Gasteiger charge is -2.19. The minimum Gasteiger partial charge on any atom is -0.461 e. The van der Waals surface area contributed by atoms with Gasteiger partial charge in [0.2, 0.25) is 5.91 Å². The van der Waals surface area contributed by atoms with Crippen molar-refractivity contribution < 1.29 is 23.9 Å². The van der Waals surface area contributed by atoms with Crippen LogP contribution in [0.25, 0.3) is 5.69 Å². The molecule has 1 aliphatic carbocycles. The first-order chi connectivity index (χ1) is 14.9. The molecule has 1 spiro atoms. The Morgan fingerprint density at radius 3 is 2.55 bits per heavy atom. The predicted molar refractivity (Wildman–Crippen MR) is 110 cm³/mol. The van der Waals surface area contributed by atoms with Gasteiger partial charge in [-0.1, -0.05) is 12.8 Å². The van der Waals surface area contributed by atoms with Gasteiger partial charge in [-0.15, -0.1) is 0 Å². The predicted octanol–water partition coefficient (Wildman–Crippen LogP) is 1.85. The van der Waals surface area contributed by atoms with Crippen molar-refractivity contribution in [3.05, 3.63) is 42.2 Å². The number of carbonyl (C=O) groups excluding carboxylic acids is 4. The first-order valence-electron chi connectivity index (χ1n) is 10.2. The van der Waals surface area contributed by atoms with Crippen LogP contribution in [0.15, 0.2) is 36.5 Å². The number of aromatic nitrogens is 2. The van der Waals surface area contributed by atoms with Gasteiger partial charge in [-0.2, -0.15) is 5.10 Å². The highest BCUT2D eigenvalue weighted by molar-refractivity contribution is 6.10. The molecule has 10 heteroatoms. The molecule has 4 rings (SSSR count). The van der Waals surface area contributed by atoms with Crippen molar-refractivity contribution in [1.29, 1.82) is 0 Å². The fourth-order valence-electron chi connectivity index (χ4n) is 3.96. The van der Waals surface area contributed by atoms with Crippen LogP contribution in [-0.2, 0) is 14.3 Å². The molecule has 162 valence electrons. The van der Waals surface area contributed by atoms with Crippen LogP contribution in [-0.4, -0.2) is 57.2 Å². The third-order valence-electron chi connectivity index (χ3n) is 5.49. The number of amides is 4. The molecule has 1 saturated heterocycles. The summed E-state index contributed by atoms with van der Waals surface area (Å²) in [5, 5.41) is 9.62. The summed E-state index contributed by atoms with van der Waals surface area (Å²) < 4.78 is 6.44. The third-order valence-corrected chi connectivity index (χ3v) is 5.49. The van der Waals surface area contributed by atoms with Gasteiger partial charge < -0.3 is 15.4 Å². The van der Waals surface area contributed by atoms with Crippen LogP contribution in [0.2, 0.25) is 0 Å². The van der Waals surface area contributed by atoms with E-state index in [9.17, 15) is 19.2 Å². The number of benzene rings is 1. The Morgan fingerprint density at radius 2 is 1.87 bits per heavy atom. The Morgan fingerprint density at radius 1 is 1.16 bits per heavy atom. The number of esters is 1. The fourth-order valence-corrected chi connectivity index (χ4v) is 3.96. The maximum absolute atomic E-state index is 12.6. The lowest BCUT2D eigenvalue weighted by Crippen LogP contribution is -2.44. The van der Waals surface area contributed by atoms with Gasteiger partial charge in [0.1, 0.15) is 12.1 Å². The topological polar surface area (TPSA) is 123 Å². The van der Waals surface area contributed by atoms with Gasteiger partial charge in [0.15, 0.2) is 5.69 Å². The Bertz CT molecular complexity index is 1020. The molecule has 2 fully saturated rings. The van der Waals surface area contributed by atoms with Crippen molar-refractivity contribution in [1.82, 2.24) is 20.0 Å². The monoisotopic (exact) mass is 425 g/mol. The van der Waals surface area contributed by atoms with E-state index in [1.807, 2.05) is 0 Å². The summed E-state index contributed by atoms with van der Waals surface area (Å²) in [6.45, 7) is 1.66. The number of ether oxygens (including phenoxy) is 1. The summed E-state index contributed by atoms with van der Waals surface area (Å²) >= 11 is 0. The zero-order valence-corrected chi connectivity index (χ0v) is 17.1. The number of urea groups is 1. The summed E-state index contributed by atoms with van der Waals surface area (Å²) in [5.74, 6) is -1.28. The summed E-state index contributed by atoms with van der Waals surface area (Å²) in [4.78, 5) is 50.0. The van der Waals surface area contributed by atoms with Crippen molar-refractivity contribution in [3.8, 4) is 5.69 Å². The summed E-state index contributed by atoms with van der Waals surface area (Å²) in [6.07, 6.45) is 4.63. The van der Waals surface area contributed by atoms with Gasteiger partial charge in [0.25, 0.3) is 5.91 Å². The number of hydrogen-bond donors (Lipinski definition) is 2. The number of rotatable bonds is 6. The normalized spacial score (nSPS) is 17.1. The molecule has 1 aliphatic heterocycles. The van der Waals surface area contributed by atoms with Crippen molar-refractivity contribution in [3.63, 3.8) is 0 Å². The van der Waals surface area contributed by atoms with Gasteiger partial charge in [-0.05, 0) is 50.1 Å². The second kappa shape index (κ2) is 8.21. The van der Waals surface area contributed by atoms with Gasteiger partial charge >= 0.3 is 12.0 Å². The van der Waals surface area contributed by atoms with Crippen LogP contribution in [0.3, 0.4) is 0 Å². The van der Waals surface area contributed by atoms with E-state index in [2.05, 4.69) is 15.7 Å².